The van der Waals surface area contributed by atoms with E-state index in [-0.39, 0.29) is 17.7 Å². The number of anilines is 3. The van der Waals surface area contributed by atoms with Gasteiger partial charge in [-0.15, -0.1) is 0 Å². The zero-order valence-electron chi connectivity index (χ0n) is 9.64. The highest BCUT2D eigenvalue weighted by Crippen LogP contribution is 2.28. The molecule has 0 saturated carbocycles. The van der Waals surface area contributed by atoms with Gasteiger partial charge in [0.1, 0.15) is 23.7 Å². The van der Waals surface area contributed by atoms with Crippen molar-refractivity contribution in [3.8, 4) is 0 Å². The summed E-state index contributed by atoms with van der Waals surface area (Å²) >= 11 is 0. The van der Waals surface area contributed by atoms with E-state index < -0.39 is 29.0 Å². The first-order valence-corrected chi connectivity index (χ1v) is 5.09. The summed E-state index contributed by atoms with van der Waals surface area (Å²) in [7, 11) is 0. The number of benzene rings is 1. The number of nitrogen functional groups attached to an aromatic ring is 1. The van der Waals surface area contributed by atoms with E-state index >= 15 is 0 Å². The number of nitrogens with zero attached hydrogens (tertiary/aromatic N) is 2. The third-order valence-corrected chi connectivity index (χ3v) is 2.48. The number of rotatable bonds is 2. The highest BCUT2D eigenvalue weighted by molar-refractivity contribution is 5.64. The first kappa shape index (κ1) is 13.1. The molecule has 1 heterocycles. The van der Waals surface area contributed by atoms with Crippen LogP contribution in [-0.4, -0.2) is 9.97 Å². The van der Waals surface area contributed by atoms with Crippen molar-refractivity contribution in [2.24, 2.45) is 0 Å². The van der Waals surface area contributed by atoms with Gasteiger partial charge in [0.25, 0.3) is 0 Å². The molecule has 0 saturated heterocycles. The van der Waals surface area contributed by atoms with Gasteiger partial charge in [-0.25, -0.2) is 27.5 Å². The summed E-state index contributed by atoms with van der Waals surface area (Å²) in [6.45, 7) is 1.49. The lowest BCUT2D eigenvalue weighted by atomic mass is 10.2. The predicted molar refractivity (Wildman–Crippen MR) is 60.7 cm³/mol. The second-order valence-corrected chi connectivity index (χ2v) is 3.70. The Hall–Kier alpha value is -2.38. The van der Waals surface area contributed by atoms with Crippen LogP contribution in [0.3, 0.4) is 0 Å². The minimum atomic E-state index is -1.55. The van der Waals surface area contributed by atoms with Crippen molar-refractivity contribution in [3.05, 3.63) is 41.2 Å². The van der Waals surface area contributed by atoms with E-state index in [2.05, 4.69) is 15.3 Å². The van der Waals surface area contributed by atoms with E-state index in [1.54, 1.807) is 0 Å². The van der Waals surface area contributed by atoms with Crippen LogP contribution in [0.2, 0.25) is 0 Å². The Bertz CT molecular complexity index is 619. The van der Waals surface area contributed by atoms with Crippen LogP contribution in [-0.2, 0) is 0 Å². The molecule has 100 valence electrons. The molecule has 0 bridgehead atoms. The van der Waals surface area contributed by atoms with Gasteiger partial charge < -0.3 is 11.1 Å². The molecule has 0 radical (unpaired) electrons. The van der Waals surface area contributed by atoms with Crippen LogP contribution in [0.25, 0.3) is 0 Å². The maximum absolute atomic E-state index is 13.4. The van der Waals surface area contributed by atoms with Crippen LogP contribution >= 0.6 is 0 Å². The van der Waals surface area contributed by atoms with E-state index in [0.717, 1.165) is 6.33 Å². The summed E-state index contributed by atoms with van der Waals surface area (Å²) < 4.78 is 52.9. The second kappa shape index (κ2) is 4.71. The number of hydrogen-bond donors (Lipinski definition) is 2. The van der Waals surface area contributed by atoms with Crippen molar-refractivity contribution in [3.63, 3.8) is 0 Å². The van der Waals surface area contributed by atoms with Crippen molar-refractivity contribution < 1.29 is 17.6 Å². The fraction of sp³-hybridized carbons (Fsp3) is 0.0909. The van der Waals surface area contributed by atoms with Gasteiger partial charge in [0.05, 0.1) is 0 Å². The highest BCUT2D eigenvalue weighted by atomic mass is 19.2. The number of hydrogen-bond acceptors (Lipinski definition) is 4. The molecule has 3 N–H and O–H groups in total. The third kappa shape index (κ3) is 2.28. The Balaban J connectivity index is 2.52. The summed E-state index contributed by atoms with van der Waals surface area (Å²) in [6, 6.07) is 0.122. The van der Waals surface area contributed by atoms with Gasteiger partial charge in [-0.05, 0) is 6.92 Å². The van der Waals surface area contributed by atoms with Crippen molar-refractivity contribution in [1.29, 1.82) is 0 Å². The normalized spacial score (nSPS) is 10.6. The Kier molecular flexibility index (Phi) is 3.24. The van der Waals surface area contributed by atoms with Crippen LogP contribution in [0.5, 0.6) is 0 Å². The minimum Gasteiger partial charge on any atom is -0.383 e. The number of aromatic nitrogens is 2. The fourth-order valence-electron chi connectivity index (χ4n) is 1.39. The number of nitrogens with two attached hydrogens (primary N) is 1. The summed E-state index contributed by atoms with van der Waals surface area (Å²) in [5.41, 5.74) is 4.81. The second-order valence-electron chi connectivity index (χ2n) is 3.70. The van der Waals surface area contributed by atoms with Gasteiger partial charge in [-0.2, -0.15) is 0 Å². The molecule has 0 atom stereocenters. The van der Waals surface area contributed by atoms with Crippen molar-refractivity contribution in [1.82, 2.24) is 9.97 Å². The van der Waals surface area contributed by atoms with Crippen LogP contribution < -0.4 is 11.1 Å². The third-order valence-electron chi connectivity index (χ3n) is 2.48. The molecule has 0 spiro atoms. The molecule has 0 aliphatic rings. The smallest absolute Gasteiger partial charge is 0.185 e. The molecule has 0 aliphatic heterocycles. The maximum atomic E-state index is 13.4. The molecule has 0 amide bonds. The first-order valence-electron chi connectivity index (χ1n) is 5.09. The Labute approximate surface area is 105 Å². The van der Waals surface area contributed by atoms with Crippen molar-refractivity contribution in [2.45, 2.75) is 6.92 Å². The Morgan fingerprint density at radius 1 is 1.05 bits per heavy atom. The van der Waals surface area contributed by atoms with Crippen LogP contribution in [0.1, 0.15) is 5.56 Å². The standard InChI is InChI=1S/C11H8F4N4/c1-4-10(16)17-3-18-11(4)19-9-7(14)5(12)2-6(13)8(9)15/h2-3H,1H3,(H3,16,17,18,19). The summed E-state index contributed by atoms with van der Waals surface area (Å²) in [6.07, 6.45) is 1.05. The van der Waals surface area contributed by atoms with Crippen LogP contribution in [0, 0.1) is 30.2 Å². The van der Waals surface area contributed by atoms with Gasteiger partial charge >= 0.3 is 0 Å². The topological polar surface area (TPSA) is 63.8 Å². The Morgan fingerprint density at radius 2 is 1.63 bits per heavy atom. The molecule has 4 nitrogen and oxygen atoms in total. The largest absolute Gasteiger partial charge is 0.383 e. The SMILES string of the molecule is Cc1c(N)ncnc1Nc1c(F)c(F)cc(F)c1F. The fourth-order valence-corrected chi connectivity index (χ4v) is 1.39. The van der Waals surface area contributed by atoms with Gasteiger partial charge in [-0.3, -0.25) is 0 Å². The van der Waals surface area contributed by atoms with Gasteiger partial charge in [0.2, 0.25) is 0 Å². The van der Waals surface area contributed by atoms with Crippen molar-refractivity contribution in [2.75, 3.05) is 11.1 Å². The summed E-state index contributed by atoms with van der Waals surface area (Å²) in [4.78, 5) is 7.35. The molecule has 19 heavy (non-hydrogen) atoms. The van der Waals surface area contributed by atoms with Gasteiger partial charge in [0, 0.05) is 11.6 Å². The minimum absolute atomic E-state index is 0.0460. The molecular weight excluding hydrogens is 264 g/mol. The first-order chi connectivity index (χ1) is 8.91. The van der Waals surface area contributed by atoms with Crippen LogP contribution in [0.4, 0.5) is 34.9 Å². The zero-order valence-corrected chi connectivity index (χ0v) is 9.64. The van der Waals surface area contributed by atoms with E-state index in [0.29, 0.717) is 5.56 Å². The molecule has 0 fully saturated rings. The predicted octanol–water partition coefficient (Wildman–Crippen LogP) is 2.67. The molecule has 8 heteroatoms. The quantitative estimate of drug-likeness (QED) is 0.651. The highest BCUT2D eigenvalue weighted by Gasteiger charge is 2.20. The molecule has 1 aromatic heterocycles. The van der Waals surface area contributed by atoms with E-state index in [1.165, 1.54) is 6.92 Å². The monoisotopic (exact) mass is 272 g/mol. The molecule has 0 aliphatic carbocycles. The van der Waals surface area contributed by atoms with Gasteiger partial charge in [-0.1, -0.05) is 0 Å². The molecule has 2 aromatic rings. The number of halogens is 4. The van der Waals surface area contributed by atoms with E-state index in [4.69, 9.17) is 5.73 Å². The van der Waals surface area contributed by atoms with Crippen LogP contribution in [0.15, 0.2) is 12.4 Å². The molecule has 0 unspecified atom stereocenters. The van der Waals surface area contributed by atoms with E-state index in [9.17, 15) is 17.6 Å². The maximum Gasteiger partial charge on any atom is 0.185 e. The summed E-state index contributed by atoms with van der Waals surface area (Å²) in [5, 5.41) is 2.17. The average Bonchev–Trinajstić information content (AvgIpc) is 2.37. The Morgan fingerprint density at radius 3 is 2.21 bits per heavy atom. The lowest BCUT2D eigenvalue weighted by Gasteiger charge is -2.11. The molecule has 1 aromatic carbocycles. The van der Waals surface area contributed by atoms with Crippen molar-refractivity contribution >= 4 is 17.3 Å². The lowest BCUT2D eigenvalue weighted by molar-refractivity contribution is 0.459. The molecular formula is C11H8F4N4. The zero-order chi connectivity index (χ0) is 14.2. The van der Waals surface area contributed by atoms with Gasteiger partial charge in [0.15, 0.2) is 23.3 Å². The van der Waals surface area contributed by atoms with E-state index in [1.807, 2.05) is 0 Å². The molecule has 2 rings (SSSR count). The number of nitrogens with one attached hydrogen (secondary N) is 1. The average molecular weight is 272 g/mol. The summed E-state index contributed by atoms with van der Waals surface area (Å²) in [5.74, 6) is -6.08. The lowest BCUT2D eigenvalue weighted by Crippen LogP contribution is -2.07.